The average Bonchev–Trinajstić information content (AvgIpc) is 3.08. The number of benzene rings is 1. The lowest BCUT2D eigenvalue weighted by Crippen LogP contribution is -2.34. The van der Waals surface area contributed by atoms with E-state index in [1.165, 1.54) is 7.11 Å². The molecule has 2 rings (SSSR count). The summed E-state index contributed by atoms with van der Waals surface area (Å²) in [5, 5.41) is 10.5. The van der Waals surface area contributed by atoms with Crippen molar-refractivity contribution in [3.8, 4) is 0 Å². The minimum Gasteiger partial charge on any atom is -0.375 e. The summed E-state index contributed by atoms with van der Waals surface area (Å²) in [5.41, 5.74) is 1.29. The highest BCUT2D eigenvalue weighted by Gasteiger charge is 2.19. The van der Waals surface area contributed by atoms with Crippen molar-refractivity contribution < 1.29 is 14.3 Å². The molecule has 1 heterocycles. The van der Waals surface area contributed by atoms with Crippen LogP contribution >= 0.6 is 11.3 Å². The molecule has 2 aromatic rings. The van der Waals surface area contributed by atoms with Crippen molar-refractivity contribution in [2.24, 2.45) is 5.92 Å². The number of amides is 3. The van der Waals surface area contributed by atoms with Crippen LogP contribution in [-0.4, -0.2) is 25.7 Å². The number of nitrogens with one attached hydrogen (secondary N) is 3. The van der Waals surface area contributed by atoms with Gasteiger partial charge in [-0.25, -0.2) is 4.79 Å². The lowest BCUT2D eigenvalue weighted by molar-refractivity contribution is -0.119. The predicted molar refractivity (Wildman–Crippen MR) is 101 cm³/mol. The molecule has 0 radical (unpaired) electrons. The fourth-order valence-electron chi connectivity index (χ4n) is 2.31. The zero-order valence-corrected chi connectivity index (χ0v) is 15.4. The lowest BCUT2D eigenvalue weighted by Gasteiger charge is -2.21. The van der Waals surface area contributed by atoms with Gasteiger partial charge in [0.25, 0.3) is 0 Å². The SMILES string of the molecule is COCC(=O)Nc1ccc(NC(=O)NC(c2cccs2)C(C)C)cc1. The van der Waals surface area contributed by atoms with Crippen LogP contribution in [-0.2, 0) is 9.53 Å². The molecule has 0 fully saturated rings. The quantitative estimate of drug-likeness (QED) is 0.701. The Kier molecular flexibility index (Phi) is 6.97. The highest BCUT2D eigenvalue weighted by molar-refractivity contribution is 7.10. The highest BCUT2D eigenvalue weighted by atomic mass is 32.1. The molecule has 0 aliphatic rings. The second kappa shape index (κ2) is 9.19. The second-order valence-corrected chi connectivity index (χ2v) is 6.87. The first kappa shape index (κ1) is 19.0. The number of urea groups is 1. The molecule has 134 valence electrons. The van der Waals surface area contributed by atoms with Crippen LogP contribution < -0.4 is 16.0 Å². The minimum atomic E-state index is -0.261. The zero-order valence-electron chi connectivity index (χ0n) is 14.5. The molecule has 25 heavy (non-hydrogen) atoms. The van der Waals surface area contributed by atoms with Crippen LogP contribution in [0.15, 0.2) is 41.8 Å². The summed E-state index contributed by atoms with van der Waals surface area (Å²) >= 11 is 1.63. The number of rotatable bonds is 7. The molecule has 3 N–H and O–H groups in total. The Morgan fingerprint density at radius 1 is 1.08 bits per heavy atom. The summed E-state index contributed by atoms with van der Waals surface area (Å²) in [4.78, 5) is 24.9. The van der Waals surface area contributed by atoms with Crippen molar-refractivity contribution in [1.29, 1.82) is 0 Å². The number of carbonyl (C=O) groups is 2. The monoisotopic (exact) mass is 361 g/mol. The molecule has 0 spiro atoms. The van der Waals surface area contributed by atoms with Gasteiger partial charge in [0.05, 0.1) is 6.04 Å². The van der Waals surface area contributed by atoms with Crippen molar-refractivity contribution in [2.75, 3.05) is 24.4 Å². The van der Waals surface area contributed by atoms with E-state index in [1.807, 2.05) is 17.5 Å². The van der Waals surface area contributed by atoms with E-state index in [0.717, 1.165) is 4.88 Å². The maximum absolute atomic E-state index is 12.3. The molecular formula is C18H23N3O3S. The van der Waals surface area contributed by atoms with E-state index in [0.29, 0.717) is 11.4 Å². The third-order valence-electron chi connectivity index (χ3n) is 3.50. The fraction of sp³-hybridized carbons (Fsp3) is 0.333. The van der Waals surface area contributed by atoms with E-state index >= 15 is 0 Å². The number of carbonyl (C=O) groups excluding carboxylic acids is 2. The molecule has 7 heteroatoms. The van der Waals surface area contributed by atoms with E-state index in [1.54, 1.807) is 35.6 Å². The van der Waals surface area contributed by atoms with Crippen molar-refractivity contribution in [2.45, 2.75) is 19.9 Å². The van der Waals surface area contributed by atoms with Crippen LogP contribution in [0.4, 0.5) is 16.2 Å². The summed E-state index contributed by atoms with van der Waals surface area (Å²) in [6.45, 7) is 4.14. The summed E-state index contributed by atoms with van der Waals surface area (Å²) in [6.07, 6.45) is 0. The molecule has 0 bridgehead atoms. The van der Waals surface area contributed by atoms with Crippen molar-refractivity contribution in [3.63, 3.8) is 0 Å². The largest absolute Gasteiger partial charge is 0.375 e. The number of hydrogen-bond acceptors (Lipinski definition) is 4. The molecule has 0 saturated carbocycles. The lowest BCUT2D eigenvalue weighted by atomic mass is 10.0. The van der Waals surface area contributed by atoms with Crippen LogP contribution in [0.25, 0.3) is 0 Å². The summed E-state index contributed by atoms with van der Waals surface area (Å²) in [6, 6.07) is 10.6. The van der Waals surface area contributed by atoms with Gasteiger partial charge in [0, 0.05) is 23.4 Å². The van der Waals surface area contributed by atoms with Crippen molar-refractivity contribution >= 4 is 34.6 Å². The van der Waals surface area contributed by atoms with E-state index < -0.39 is 0 Å². The molecule has 1 atom stereocenters. The first-order chi connectivity index (χ1) is 12.0. The van der Waals surface area contributed by atoms with Crippen LogP contribution in [0.5, 0.6) is 0 Å². The second-order valence-electron chi connectivity index (χ2n) is 5.89. The van der Waals surface area contributed by atoms with Gasteiger partial charge >= 0.3 is 6.03 Å². The average molecular weight is 361 g/mol. The Morgan fingerprint density at radius 3 is 2.24 bits per heavy atom. The summed E-state index contributed by atoms with van der Waals surface area (Å²) in [7, 11) is 1.46. The third-order valence-corrected chi connectivity index (χ3v) is 4.46. The predicted octanol–water partition coefficient (Wildman–Crippen LogP) is 3.85. The number of methoxy groups -OCH3 is 1. The third kappa shape index (κ3) is 5.88. The van der Waals surface area contributed by atoms with Crippen molar-refractivity contribution in [3.05, 3.63) is 46.7 Å². The standard InChI is InChI=1S/C18H23N3O3S/c1-12(2)17(15-5-4-10-25-15)21-18(23)20-14-8-6-13(7-9-14)19-16(22)11-24-3/h4-10,12,17H,11H2,1-3H3,(H,19,22)(H2,20,21,23). The Morgan fingerprint density at radius 2 is 1.72 bits per heavy atom. The normalized spacial score (nSPS) is 11.8. The molecule has 1 aromatic heterocycles. The van der Waals surface area contributed by atoms with Gasteiger partial charge in [-0.05, 0) is 41.6 Å². The van der Waals surface area contributed by atoms with E-state index in [-0.39, 0.29) is 30.5 Å². The van der Waals surface area contributed by atoms with Crippen molar-refractivity contribution in [1.82, 2.24) is 5.32 Å². The van der Waals surface area contributed by atoms with Gasteiger partial charge in [-0.3, -0.25) is 4.79 Å². The first-order valence-electron chi connectivity index (χ1n) is 7.99. The Labute approximate surface area is 151 Å². The number of hydrogen-bond donors (Lipinski definition) is 3. The molecule has 1 unspecified atom stereocenters. The molecule has 1 aromatic carbocycles. The van der Waals surface area contributed by atoms with Gasteiger partial charge in [0.15, 0.2) is 0 Å². The van der Waals surface area contributed by atoms with Crippen LogP contribution in [0.2, 0.25) is 0 Å². The van der Waals surface area contributed by atoms with Gasteiger partial charge in [-0.2, -0.15) is 0 Å². The summed E-state index contributed by atoms with van der Waals surface area (Å²) < 4.78 is 4.76. The number of anilines is 2. The molecule has 0 saturated heterocycles. The molecule has 0 aliphatic heterocycles. The van der Waals surface area contributed by atoms with Crippen LogP contribution in [0.1, 0.15) is 24.8 Å². The number of thiophene rings is 1. The molecule has 0 aliphatic carbocycles. The molecular weight excluding hydrogens is 338 g/mol. The molecule has 6 nitrogen and oxygen atoms in total. The topological polar surface area (TPSA) is 79.5 Å². The summed E-state index contributed by atoms with van der Waals surface area (Å²) in [5.74, 6) is 0.0550. The van der Waals surface area contributed by atoms with Crippen LogP contribution in [0.3, 0.4) is 0 Å². The maximum Gasteiger partial charge on any atom is 0.319 e. The Hall–Kier alpha value is -2.38. The fourth-order valence-corrected chi connectivity index (χ4v) is 3.26. The zero-order chi connectivity index (χ0) is 18.2. The first-order valence-corrected chi connectivity index (χ1v) is 8.87. The van der Waals surface area contributed by atoms with Gasteiger partial charge in [-0.1, -0.05) is 19.9 Å². The van der Waals surface area contributed by atoms with Gasteiger partial charge in [0.2, 0.25) is 5.91 Å². The van der Waals surface area contributed by atoms with Gasteiger partial charge in [0.1, 0.15) is 6.61 Å². The minimum absolute atomic E-state index is 0.00170. The van der Waals surface area contributed by atoms with Gasteiger partial charge in [-0.15, -0.1) is 11.3 Å². The Balaban J connectivity index is 1.92. The van der Waals surface area contributed by atoms with E-state index in [9.17, 15) is 9.59 Å². The maximum atomic E-state index is 12.3. The Bertz CT molecular complexity index is 684. The smallest absolute Gasteiger partial charge is 0.319 e. The van der Waals surface area contributed by atoms with Gasteiger partial charge < -0.3 is 20.7 Å². The number of ether oxygens (including phenoxy) is 1. The molecule has 3 amide bonds. The van der Waals surface area contributed by atoms with Crippen LogP contribution in [0, 0.1) is 5.92 Å². The van der Waals surface area contributed by atoms with E-state index in [4.69, 9.17) is 4.74 Å². The highest BCUT2D eigenvalue weighted by Crippen LogP contribution is 2.25. The van der Waals surface area contributed by atoms with E-state index in [2.05, 4.69) is 29.8 Å².